The summed E-state index contributed by atoms with van der Waals surface area (Å²) in [7, 11) is 0. The highest BCUT2D eigenvalue weighted by Gasteiger charge is 2.22. The van der Waals surface area contributed by atoms with Crippen LogP contribution in [0.15, 0.2) is 42.9 Å². The van der Waals surface area contributed by atoms with Crippen molar-refractivity contribution in [3.05, 3.63) is 42.9 Å². The Morgan fingerprint density at radius 2 is 1.94 bits per heavy atom. The normalized spacial score (nSPS) is 17.2. The highest BCUT2D eigenvalue weighted by atomic mass is 16.6. The third kappa shape index (κ3) is 2.95. The van der Waals surface area contributed by atoms with Crippen molar-refractivity contribution in [2.24, 2.45) is 0 Å². The fourth-order valence-electron chi connectivity index (χ4n) is 1.42. The minimum Gasteiger partial charge on any atom is -0.491 e. The number of aromatic nitrogens is 2. The van der Waals surface area contributed by atoms with Gasteiger partial charge < -0.3 is 14.2 Å². The molecule has 18 heavy (non-hydrogen) atoms. The quantitative estimate of drug-likeness (QED) is 0.753. The molecule has 1 unspecified atom stereocenters. The molecule has 1 atom stereocenters. The van der Waals surface area contributed by atoms with E-state index in [0.717, 1.165) is 12.4 Å². The first-order valence-electron chi connectivity index (χ1n) is 5.68. The van der Waals surface area contributed by atoms with Crippen molar-refractivity contribution in [2.75, 3.05) is 13.2 Å². The third-order valence-corrected chi connectivity index (χ3v) is 2.42. The van der Waals surface area contributed by atoms with Crippen LogP contribution in [-0.4, -0.2) is 29.3 Å². The summed E-state index contributed by atoms with van der Waals surface area (Å²) in [6.07, 6.45) is 5.02. The largest absolute Gasteiger partial charge is 0.491 e. The highest BCUT2D eigenvalue weighted by Crippen LogP contribution is 2.22. The van der Waals surface area contributed by atoms with Gasteiger partial charge in [-0.1, -0.05) is 0 Å². The molecule has 5 heteroatoms. The van der Waals surface area contributed by atoms with E-state index in [9.17, 15) is 0 Å². The van der Waals surface area contributed by atoms with Crippen LogP contribution in [0.4, 0.5) is 0 Å². The summed E-state index contributed by atoms with van der Waals surface area (Å²) in [5.74, 6) is 1.97. The molecular formula is C13H12N2O3. The second-order valence-electron chi connectivity index (χ2n) is 3.88. The molecule has 0 N–H and O–H groups in total. The van der Waals surface area contributed by atoms with Crippen molar-refractivity contribution in [2.45, 2.75) is 6.10 Å². The van der Waals surface area contributed by atoms with E-state index in [0.29, 0.717) is 18.2 Å². The maximum absolute atomic E-state index is 5.53. The van der Waals surface area contributed by atoms with Gasteiger partial charge in [0.05, 0.1) is 12.8 Å². The fraction of sp³-hybridized carbons (Fsp3) is 0.231. The van der Waals surface area contributed by atoms with Crippen LogP contribution < -0.4 is 9.47 Å². The van der Waals surface area contributed by atoms with Gasteiger partial charge in [-0.15, -0.1) is 0 Å². The molecule has 0 spiro atoms. The average molecular weight is 244 g/mol. The Hall–Kier alpha value is -2.14. The summed E-state index contributed by atoms with van der Waals surface area (Å²) in [5, 5.41) is 0. The van der Waals surface area contributed by atoms with Crippen molar-refractivity contribution < 1.29 is 14.2 Å². The fourth-order valence-corrected chi connectivity index (χ4v) is 1.42. The van der Waals surface area contributed by atoms with Gasteiger partial charge in [0.2, 0.25) is 5.88 Å². The lowest BCUT2D eigenvalue weighted by Crippen LogP contribution is -2.03. The van der Waals surface area contributed by atoms with Crippen LogP contribution in [0.2, 0.25) is 0 Å². The Morgan fingerprint density at radius 1 is 1.17 bits per heavy atom. The lowest BCUT2D eigenvalue weighted by atomic mass is 10.3. The van der Waals surface area contributed by atoms with Gasteiger partial charge in [0.25, 0.3) is 0 Å². The van der Waals surface area contributed by atoms with E-state index in [-0.39, 0.29) is 6.10 Å². The van der Waals surface area contributed by atoms with Gasteiger partial charge >= 0.3 is 0 Å². The minimum atomic E-state index is 0.264. The van der Waals surface area contributed by atoms with Crippen LogP contribution in [0.25, 0.3) is 0 Å². The number of benzene rings is 1. The van der Waals surface area contributed by atoms with E-state index in [4.69, 9.17) is 14.2 Å². The molecule has 2 heterocycles. The maximum Gasteiger partial charge on any atom is 0.237 e. The van der Waals surface area contributed by atoms with Crippen molar-refractivity contribution in [1.29, 1.82) is 0 Å². The van der Waals surface area contributed by atoms with Crippen LogP contribution in [0.3, 0.4) is 0 Å². The number of ether oxygens (including phenoxy) is 3. The van der Waals surface area contributed by atoms with Gasteiger partial charge in [-0.25, -0.2) is 4.98 Å². The minimum absolute atomic E-state index is 0.264. The Kier molecular flexibility index (Phi) is 3.06. The monoisotopic (exact) mass is 244 g/mol. The molecule has 0 aliphatic carbocycles. The lowest BCUT2D eigenvalue weighted by molar-refractivity contribution is 0.263. The van der Waals surface area contributed by atoms with E-state index in [1.54, 1.807) is 18.6 Å². The zero-order valence-corrected chi connectivity index (χ0v) is 9.65. The van der Waals surface area contributed by atoms with Gasteiger partial charge in [-0.3, -0.25) is 4.98 Å². The summed E-state index contributed by atoms with van der Waals surface area (Å²) in [6.45, 7) is 1.40. The predicted molar refractivity (Wildman–Crippen MR) is 63.8 cm³/mol. The zero-order valence-electron chi connectivity index (χ0n) is 9.65. The Balaban J connectivity index is 1.59. The molecule has 0 radical (unpaired) electrons. The molecular weight excluding hydrogens is 232 g/mol. The topological polar surface area (TPSA) is 56.8 Å². The molecule has 1 aliphatic rings. The van der Waals surface area contributed by atoms with Crippen LogP contribution in [0.1, 0.15) is 0 Å². The number of hydrogen-bond donors (Lipinski definition) is 0. The Morgan fingerprint density at radius 3 is 2.61 bits per heavy atom. The lowest BCUT2D eigenvalue weighted by Gasteiger charge is -2.06. The smallest absolute Gasteiger partial charge is 0.237 e. The number of rotatable bonds is 5. The zero-order chi connectivity index (χ0) is 12.2. The van der Waals surface area contributed by atoms with Gasteiger partial charge in [-0.2, -0.15) is 0 Å². The van der Waals surface area contributed by atoms with E-state index in [1.165, 1.54) is 0 Å². The highest BCUT2D eigenvalue weighted by molar-refractivity contribution is 5.33. The summed E-state index contributed by atoms with van der Waals surface area (Å²) >= 11 is 0. The van der Waals surface area contributed by atoms with E-state index >= 15 is 0 Å². The molecule has 92 valence electrons. The maximum atomic E-state index is 5.53. The molecule has 1 aromatic carbocycles. The summed E-state index contributed by atoms with van der Waals surface area (Å²) in [5.41, 5.74) is 0. The van der Waals surface area contributed by atoms with E-state index in [1.807, 2.05) is 24.3 Å². The molecule has 3 rings (SSSR count). The Labute approximate surface area is 104 Å². The molecule has 0 amide bonds. The standard InChI is InChI=1S/C13H12N2O3/c1-3-11(18-13-7-14-5-6-15-13)4-2-10(1)16-8-12-9-17-12/h1-7,12H,8-9H2. The first-order chi connectivity index (χ1) is 8.90. The van der Waals surface area contributed by atoms with Gasteiger partial charge in [-0.05, 0) is 24.3 Å². The number of nitrogens with zero attached hydrogens (tertiary/aromatic N) is 2. The second-order valence-corrected chi connectivity index (χ2v) is 3.88. The molecule has 1 aliphatic heterocycles. The Bertz CT molecular complexity index is 497. The molecule has 0 bridgehead atoms. The molecule has 1 saturated heterocycles. The van der Waals surface area contributed by atoms with Crippen molar-refractivity contribution >= 4 is 0 Å². The van der Waals surface area contributed by atoms with Gasteiger partial charge in [0.15, 0.2) is 0 Å². The van der Waals surface area contributed by atoms with Crippen LogP contribution in [0, 0.1) is 0 Å². The molecule has 1 fully saturated rings. The van der Waals surface area contributed by atoms with Crippen LogP contribution in [0.5, 0.6) is 17.4 Å². The first-order valence-corrected chi connectivity index (χ1v) is 5.68. The number of epoxide rings is 1. The second kappa shape index (κ2) is 5.01. The molecule has 1 aromatic heterocycles. The van der Waals surface area contributed by atoms with Crippen LogP contribution >= 0.6 is 0 Å². The SMILES string of the molecule is c1cnc(Oc2ccc(OCC3CO3)cc2)cn1. The van der Waals surface area contributed by atoms with E-state index in [2.05, 4.69) is 9.97 Å². The first kappa shape index (κ1) is 11.0. The summed E-state index contributed by atoms with van der Waals surface area (Å²) in [4.78, 5) is 7.96. The number of hydrogen-bond acceptors (Lipinski definition) is 5. The van der Waals surface area contributed by atoms with E-state index < -0.39 is 0 Å². The third-order valence-electron chi connectivity index (χ3n) is 2.42. The van der Waals surface area contributed by atoms with Gasteiger partial charge in [0.1, 0.15) is 24.2 Å². The molecule has 2 aromatic rings. The van der Waals surface area contributed by atoms with Crippen LogP contribution in [-0.2, 0) is 4.74 Å². The van der Waals surface area contributed by atoms with Crippen molar-refractivity contribution in [3.8, 4) is 17.4 Å². The summed E-state index contributed by atoms with van der Waals surface area (Å²) < 4.78 is 16.1. The van der Waals surface area contributed by atoms with Crippen molar-refractivity contribution in [1.82, 2.24) is 9.97 Å². The molecule has 5 nitrogen and oxygen atoms in total. The summed E-state index contributed by atoms with van der Waals surface area (Å²) in [6, 6.07) is 7.37. The predicted octanol–water partition coefficient (Wildman–Crippen LogP) is 2.05. The van der Waals surface area contributed by atoms with Gasteiger partial charge in [0, 0.05) is 12.4 Å². The van der Waals surface area contributed by atoms with Crippen molar-refractivity contribution in [3.63, 3.8) is 0 Å². The average Bonchev–Trinajstić information content (AvgIpc) is 3.23. The molecule has 0 saturated carbocycles.